The quantitative estimate of drug-likeness (QED) is 0.811. The Hall–Kier alpha value is -1.38. The van der Waals surface area contributed by atoms with E-state index in [0.717, 1.165) is 10.8 Å². The molecule has 0 heterocycles. The van der Waals surface area contributed by atoms with E-state index in [1.165, 1.54) is 0 Å². The van der Waals surface area contributed by atoms with Crippen LogP contribution >= 0.6 is 11.6 Å². The van der Waals surface area contributed by atoms with Crippen molar-refractivity contribution < 1.29 is 4.79 Å². The fourth-order valence-electron chi connectivity index (χ4n) is 1.66. The number of Topliss-reactive ketones (excluding diaryl/α,β-unsaturated/α-hetero) is 1. The SMILES string of the molecule is CC(N)C(=O)c1ccc2c(Cl)cccc2c1. The maximum Gasteiger partial charge on any atom is 0.179 e. The van der Waals surface area contributed by atoms with E-state index in [1.54, 1.807) is 13.0 Å². The number of fused-ring (bicyclic) bond motifs is 1. The molecule has 82 valence electrons. The molecule has 0 spiro atoms. The zero-order chi connectivity index (χ0) is 11.7. The lowest BCUT2D eigenvalue weighted by Crippen LogP contribution is -2.26. The third kappa shape index (κ3) is 1.94. The molecule has 2 nitrogen and oxygen atoms in total. The first kappa shape index (κ1) is 11.1. The Bertz CT molecular complexity index is 549. The number of nitrogens with two attached hydrogens (primary N) is 1. The van der Waals surface area contributed by atoms with Crippen LogP contribution in [0.15, 0.2) is 36.4 Å². The van der Waals surface area contributed by atoms with Gasteiger partial charge in [0.25, 0.3) is 0 Å². The van der Waals surface area contributed by atoms with Crippen LogP contribution in [0.4, 0.5) is 0 Å². The highest BCUT2D eigenvalue weighted by Gasteiger charge is 2.11. The van der Waals surface area contributed by atoms with Crippen LogP contribution in [0.25, 0.3) is 10.8 Å². The summed E-state index contributed by atoms with van der Waals surface area (Å²) in [4.78, 5) is 11.7. The molecule has 2 aromatic rings. The van der Waals surface area contributed by atoms with Crippen LogP contribution < -0.4 is 5.73 Å². The smallest absolute Gasteiger partial charge is 0.179 e. The average Bonchev–Trinajstić information content (AvgIpc) is 2.28. The minimum absolute atomic E-state index is 0.0538. The molecule has 1 unspecified atom stereocenters. The molecule has 0 aliphatic carbocycles. The zero-order valence-electron chi connectivity index (χ0n) is 8.91. The highest BCUT2D eigenvalue weighted by atomic mass is 35.5. The van der Waals surface area contributed by atoms with Gasteiger partial charge in [0.1, 0.15) is 0 Å². The summed E-state index contributed by atoms with van der Waals surface area (Å²) in [6.07, 6.45) is 0. The topological polar surface area (TPSA) is 43.1 Å². The molecule has 0 saturated carbocycles. The Labute approximate surface area is 99.0 Å². The first-order valence-corrected chi connectivity index (χ1v) is 5.45. The van der Waals surface area contributed by atoms with Crippen molar-refractivity contribution in [1.29, 1.82) is 0 Å². The van der Waals surface area contributed by atoms with Crippen molar-refractivity contribution in [1.82, 2.24) is 0 Å². The van der Waals surface area contributed by atoms with Crippen LogP contribution in [0.5, 0.6) is 0 Å². The minimum atomic E-state index is -0.475. The Morgan fingerprint density at radius 3 is 2.75 bits per heavy atom. The fourth-order valence-corrected chi connectivity index (χ4v) is 1.91. The number of ketones is 1. The maximum atomic E-state index is 11.7. The number of hydrogen-bond donors (Lipinski definition) is 1. The molecule has 2 rings (SSSR count). The van der Waals surface area contributed by atoms with E-state index in [-0.39, 0.29) is 5.78 Å². The van der Waals surface area contributed by atoms with Crippen LogP contribution in [0.1, 0.15) is 17.3 Å². The Morgan fingerprint density at radius 1 is 1.31 bits per heavy atom. The van der Waals surface area contributed by atoms with Gasteiger partial charge >= 0.3 is 0 Å². The van der Waals surface area contributed by atoms with Gasteiger partial charge in [-0.3, -0.25) is 4.79 Å². The van der Waals surface area contributed by atoms with Gasteiger partial charge in [0.05, 0.1) is 6.04 Å². The van der Waals surface area contributed by atoms with Gasteiger partial charge in [0.15, 0.2) is 5.78 Å². The van der Waals surface area contributed by atoms with Gasteiger partial charge < -0.3 is 5.73 Å². The molecule has 0 fully saturated rings. The Morgan fingerprint density at radius 2 is 2.06 bits per heavy atom. The summed E-state index contributed by atoms with van der Waals surface area (Å²) in [5, 5.41) is 2.60. The molecular weight excluding hydrogens is 222 g/mol. The molecule has 3 heteroatoms. The van der Waals surface area contributed by atoms with Gasteiger partial charge in [-0.1, -0.05) is 35.9 Å². The standard InChI is InChI=1S/C13H12ClNO/c1-8(15)13(16)10-5-6-11-9(7-10)3-2-4-12(11)14/h2-8H,15H2,1H3. The minimum Gasteiger partial charge on any atom is -0.321 e. The first-order valence-electron chi connectivity index (χ1n) is 5.07. The predicted octanol–water partition coefficient (Wildman–Crippen LogP) is 3.02. The molecule has 0 saturated heterocycles. The second-order valence-electron chi connectivity index (χ2n) is 3.83. The van der Waals surface area contributed by atoms with Gasteiger partial charge in [-0.05, 0) is 24.4 Å². The maximum absolute atomic E-state index is 11.7. The van der Waals surface area contributed by atoms with Gasteiger partial charge in [-0.25, -0.2) is 0 Å². The van der Waals surface area contributed by atoms with E-state index >= 15 is 0 Å². The lowest BCUT2D eigenvalue weighted by molar-refractivity contribution is 0.0968. The molecule has 0 aliphatic rings. The van der Waals surface area contributed by atoms with E-state index in [0.29, 0.717) is 10.6 Å². The van der Waals surface area contributed by atoms with Gasteiger partial charge in [-0.2, -0.15) is 0 Å². The van der Waals surface area contributed by atoms with E-state index in [4.69, 9.17) is 17.3 Å². The van der Waals surface area contributed by atoms with Crippen molar-refractivity contribution in [2.24, 2.45) is 5.73 Å². The van der Waals surface area contributed by atoms with Gasteiger partial charge in [-0.15, -0.1) is 0 Å². The van der Waals surface area contributed by atoms with Crippen molar-refractivity contribution in [3.05, 3.63) is 47.0 Å². The van der Waals surface area contributed by atoms with Gasteiger partial charge in [0.2, 0.25) is 0 Å². The number of carbonyl (C=O) groups is 1. The summed E-state index contributed by atoms with van der Waals surface area (Å²) in [6, 6.07) is 10.6. The third-order valence-corrected chi connectivity index (χ3v) is 2.85. The second kappa shape index (κ2) is 4.24. The summed E-state index contributed by atoms with van der Waals surface area (Å²) < 4.78 is 0. The molecule has 2 aromatic carbocycles. The van der Waals surface area contributed by atoms with E-state index < -0.39 is 6.04 Å². The van der Waals surface area contributed by atoms with Crippen LogP contribution in [-0.4, -0.2) is 11.8 Å². The second-order valence-corrected chi connectivity index (χ2v) is 4.24. The normalized spacial score (nSPS) is 12.7. The summed E-state index contributed by atoms with van der Waals surface area (Å²) in [6.45, 7) is 1.69. The first-order chi connectivity index (χ1) is 7.59. The van der Waals surface area contributed by atoms with Crippen LogP contribution in [0.3, 0.4) is 0 Å². The molecule has 0 aromatic heterocycles. The molecule has 0 bridgehead atoms. The van der Waals surface area contributed by atoms with Crippen molar-refractivity contribution in [2.75, 3.05) is 0 Å². The van der Waals surface area contributed by atoms with E-state index in [1.807, 2.05) is 30.3 Å². The Kier molecular flexibility index (Phi) is 2.95. The lowest BCUT2D eigenvalue weighted by Gasteiger charge is -2.06. The largest absolute Gasteiger partial charge is 0.321 e. The highest BCUT2D eigenvalue weighted by molar-refractivity contribution is 6.35. The van der Waals surface area contributed by atoms with E-state index in [2.05, 4.69) is 0 Å². The third-order valence-electron chi connectivity index (χ3n) is 2.53. The number of carbonyl (C=O) groups excluding carboxylic acids is 1. The van der Waals surface area contributed by atoms with Crippen LogP contribution in [-0.2, 0) is 0 Å². The summed E-state index contributed by atoms with van der Waals surface area (Å²) >= 11 is 6.04. The van der Waals surface area contributed by atoms with Crippen LogP contribution in [0, 0.1) is 0 Å². The molecule has 0 radical (unpaired) electrons. The lowest BCUT2D eigenvalue weighted by atomic mass is 10.0. The summed E-state index contributed by atoms with van der Waals surface area (Å²) in [7, 11) is 0. The zero-order valence-corrected chi connectivity index (χ0v) is 9.66. The van der Waals surface area contributed by atoms with Crippen molar-refractivity contribution in [3.8, 4) is 0 Å². The predicted molar refractivity (Wildman–Crippen MR) is 66.9 cm³/mol. The fraction of sp³-hybridized carbons (Fsp3) is 0.154. The number of rotatable bonds is 2. The average molecular weight is 234 g/mol. The van der Waals surface area contributed by atoms with Crippen LogP contribution in [0.2, 0.25) is 5.02 Å². The highest BCUT2D eigenvalue weighted by Crippen LogP contribution is 2.24. The molecule has 2 N–H and O–H groups in total. The molecular formula is C13H12ClNO. The number of hydrogen-bond acceptors (Lipinski definition) is 2. The number of benzene rings is 2. The van der Waals surface area contributed by atoms with Crippen molar-refractivity contribution in [2.45, 2.75) is 13.0 Å². The summed E-state index contributed by atoms with van der Waals surface area (Å²) in [5.41, 5.74) is 6.20. The monoisotopic (exact) mass is 233 g/mol. The number of halogens is 1. The van der Waals surface area contributed by atoms with Crippen molar-refractivity contribution in [3.63, 3.8) is 0 Å². The summed E-state index contributed by atoms with van der Waals surface area (Å²) in [5.74, 6) is -0.0538. The van der Waals surface area contributed by atoms with E-state index in [9.17, 15) is 4.79 Å². The van der Waals surface area contributed by atoms with Crippen molar-refractivity contribution >= 4 is 28.2 Å². The molecule has 0 amide bonds. The van der Waals surface area contributed by atoms with Gasteiger partial charge in [0, 0.05) is 16.0 Å². The Balaban J connectivity index is 2.57. The molecule has 1 atom stereocenters. The molecule has 0 aliphatic heterocycles. The molecule has 16 heavy (non-hydrogen) atoms.